The zero-order chi connectivity index (χ0) is 33.4. The summed E-state index contributed by atoms with van der Waals surface area (Å²) in [6.07, 6.45) is 0. The smallest absolute Gasteiger partial charge is 0.299 e. The number of fused-ring (bicyclic) bond motifs is 6. The third kappa shape index (κ3) is 4.51. The van der Waals surface area contributed by atoms with Crippen molar-refractivity contribution in [1.82, 2.24) is 9.55 Å². The minimum Gasteiger partial charge on any atom is -0.453 e. The van der Waals surface area contributed by atoms with Crippen LogP contribution >= 0.6 is 0 Å². The highest BCUT2D eigenvalue weighted by Crippen LogP contribution is 2.44. The number of aryl methyl sites for hydroxylation is 2. The number of benzene rings is 5. The van der Waals surface area contributed by atoms with Crippen molar-refractivity contribution in [3.8, 4) is 28.5 Å². The molecule has 5 heteroatoms. The molecular formula is C43H42N3O2+. The maximum atomic E-state index is 6.98. The molecular weight excluding hydrogens is 590 g/mol. The Morgan fingerprint density at radius 1 is 0.688 bits per heavy atom. The van der Waals surface area contributed by atoms with E-state index in [1.165, 1.54) is 33.4 Å². The van der Waals surface area contributed by atoms with Gasteiger partial charge in [-0.25, -0.2) is 9.55 Å². The Balaban J connectivity index is 1.49. The van der Waals surface area contributed by atoms with Crippen LogP contribution in [0.15, 0.2) is 99.8 Å². The summed E-state index contributed by atoms with van der Waals surface area (Å²) >= 11 is 0. The quantitative estimate of drug-likeness (QED) is 0.171. The van der Waals surface area contributed by atoms with E-state index < -0.39 is 0 Å². The van der Waals surface area contributed by atoms with Crippen LogP contribution in [-0.2, 0) is 7.05 Å². The van der Waals surface area contributed by atoms with Gasteiger partial charge in [0.05, 0.1) is 7.05 Å². The molecule has 0 aliphatic heterocycles. The van der Waals surface area contributed by atoms with Crippen LogP contribution in [0.1, 0.15) is 81.5 Å². The highest BCUT2D eigenvalue weighted by atomic mass is 16.4. The number of nitrogens with zero attached hydrogens (tertiary/aromatic N) is 3. The maximum absolute atomic E-state index is 6.98. The SMILES string of the molecule is Cc1ccc2c(oc3c2ccc2oc(-c4ccccc4)nc23)c1-c1n(-c2c(C(C)C)cc(C(C)C)cc2C(C)C)c2ccccc2[n+]1C. The average Bonchev–Trinajstić information content (AvgIpc) is 3.76. The molecule has 0 bridgehead atoms. The van der Waals surface area contributed by atoms with Crippen LogP contribution in [0.4, 0.5) is 0 Å². The normalized spacial score (nSPS) is 12.3. The van der Waals surface area contributed by atoms with E-state index in [4.69, 9.17) is 13.8 Å². The molecule has 3 heterocycles. The summed E-state index contributed by atoms with van der Waals surface area (Å²) in [5.74, 6) is 2.79. The fourth-order valence-electron chi connectivity index (χ4n) is 7.37. The van der Waals surface area contributed by atoms with Gasteiger partial charge < -0.3 is 8.83 Å². The number of aromatic nitrogens is 3. The first kappa shape index (κ1) is 30.2. The monoisotopic (exact) mass is 632 g/mol. The molecule has 0 saturated carbocycles. The van der Waals surface area contributed by atoms with E-state index in [2.05, 4.69) is 119 Å². The van der Waals surface area contributed by atoms with Crippen LogP contribution in [0.5, 0.6) is 0 Å². The summed E-state index contributed by atoms with van der Waals surface area (Å²) in [6.45, 7) is 16.0. The molecule has 0 unspecified atom stereocenters. The lowest BCUT2D eigenvalue weighted by Crippen LogP contribution is -2.30. The van der Waals surface area contributed by atoms with Gasteiger partial charge in [-0.15, -0.1) is 0 Å². The van der Waals surface area contributed by atoms with E-state index >= 15 is 0 Å². The summed E-state index contributed by atoms with van der Waals surface area (Å²) in [6, 6.07) is 32.2. The minimum absolute atomic E-state index is 0.331. The Labute approximate surface area is 281 Å². The number of rotatable bonds is 6. The minimum atomic E-state index is 0.331. The molecule has 0 fully saturated rings. The van der Waals surface area contributed by atoms with Crippen molar-refractivity contribution in [2.45, 2.75) is 66.2 Å². The summed E-state index contributed by atoms with van der Waals surface area (Å²) in [4.78, 5) is 4.96. The first-order valence-electron chi connectivity index (χ1n) is 17.1. The van der Waals surface area contributed by atoms with Gasteiger partial charge in [0, 0.05) is 27.5 Å². The lowest BCUT2D eigenvalue weighted by molar-refractivity contribution is -0.633. The second-order valence-electron chi connectivity index (χ2n) is 14.1. The van der Waals surface area contributed by atoms with Crippen LogP contribution in [0.3, 0.4) is 0 Å². The molecule has 5 nitrogen and oxygen atoms in total. The molecule has 0 radical (unpaired) electrons. The zero-order valence-electron chi connectivity index (χ0n) is 29.1. The zero-order valence-corrected chi connectivity index (χ0v) is 29.1. The van der Waals surface area contributed by atoms with Gasteiger partial charge in [-0.1, -0.05) is 96.1 Å². The van der Waals surface area contributed by atoms with Gasteiger partial charge in [0.15, 0.2) is 33.3 Å². The fraction of sp³-hybridized carbons (Fsp3) is 0.256. The van der Waals surface area contributed by atoms with Crippen LogP contribution in [-0.4, -0.2) is 9.55 Å². The van der Waals surface area contributed by atoms with Gasteiger partial charge in [-0.05, 0) is 72.2 Å². The Hall–Kier alpha value is -5.16. The van der Waals surface area contributed by atoms with Gasteiger partial charge >= 0.3 is 0 Å². The number of furan rings is 1. The third-order valence-corrected chi connectivity index (χ3v) is 9.96. The summed E-state index contributed by atoms with van der Waals surface area (Å²) < 4.78 is 18.1. The molecule has 0 saturated heterocycles. The predicted molar refractivity (Wildman–Crippen MR) is 197 cm³/mol. The van der Waals surface area contributed by atoms with Crippen LogP contribution in [0.2, 0.25) is 0 Å². The summed E-state index contributed by atoms with van der Waals surface area (Å²) in [7, 11) is 2.18. The predicted octanol–water partition coefficient (Wildman–Crippen LogP) is 11.5. The molecule has 48 heavy (non-hydrogen) atoms. The van der Waals surface area contributed by atoms with Crippen molar-refractivity contribution in [1.29, 1.82) is 0 Å². The summed E-state index contributed by atoms with van der Waals surface area (Å²) in [5, 5.41) is 2.10. The third-order valence-electron chi connectivity index (χ3n) is 9.96. The van der Waals surface area contributed by atoms with Crippen LogP contribution in [0, 0.1) is 6.92 Å². The number of oxazole rings is 1. The molecule has 240 valence electrons. The highest BCUT2D eigenvalue weighted by Gasteiger charge is 2.34. The lowest BCUT2D eigenvalue weighted by Gasteiger charge is -2.21. The Bertz CT molecular complexity index is 2480. The number of hydrogen-bond acceptors (Lipinski definition) is 3. The average molecular weight is 633 g/mol. The number of para-hydroxylation sites is 2. The molecule has 3 aromatic heterocycles. The first-order valence-corrected chi connectivity index (χ1v) is 17.1. The largest absolute Gasteiger partial charge is 0.453 e. The fourth-order valence-corrected chi connectivity index (χ4v) is 7.37. The molecule has 0 atom stereocenters. The molecule has 0 N–H and O–H groups in total. The number of imidazole rings is 1. The van der Waals surface area contributed by atoms with E-state index in [0.29, 0.717) is 29.2 Å². The van der Waals surface area contributed by atoms with Gasteiger partial charge in [-0.2, -0.15) is 4.57 Å². The molecule has 5 aromatic carbocycles. The molecule has 8 aromatic rings. The van der Waals surface area contributed by atoms with Crippen molar-refractivity contribution >= 4 is 44.1 Å². The molecule has 0 spiro atoms. The van der Waals surface area contributed by atoms with Crippen molar-refractivity contribution in [3.63, 3.8) is 0 Å². The van der Waals surface area contributed by atoms with Crippen LogP contribution in [0.25, 0.3) is 72.6 Å². The Morgan fingerprint density at radius 3 is 2.02 bits per heavy atom. The standard InChI is InChI=1S/C43H42N3O2/c1-24(2)29-22-32(25(3)4)39(33(23-29)26(5)6)46-35-17-13-12-16-34(35)45(8)43(46)37-27(7)18-19-30-31-20-21-36-38(41(31)48-40(30)37)44-42(47-36)28-14-10-9-11-15-28/h9-26H,1-8H3/q+1. The van der Waals surface area contributed by atoms with Crippen LogP contribution < -0.4 is 4.57 Å². The lowest BCUT2D eigenvalue weighted by atomic mass is 9.87. The van der Waals surface area contributed by atoms with E-state index in [0.717, 1.165) is 50.0 Å². The van der Waals surface area contributed by atoms with Gasteiger partial charge in [-0.3, -0.25) is 0 Å². The topological polar surface area (TPSA) is 48.0 Å². The highest BCUT2D eigenvalue weighted by molar-refractivity contribution is 6.16. The van der Waals surface area contributed by atoms with Gasteiger partial charge in [0.1, 0.15) is 11.3 Å². The first-order chi connectivity index (χ1) is 23.1. The summed E-state index contributed by atoms with van der Waals surface area (Å²) in [5.41, 5.74) is 14.0. The van der Waals surface area contributed by atoms with Crippen molar-refractivity contribution < 1.29 is 13.4 Å². The van der Waals surface area contributed by atoms with E-state index in [9.17, 15) is 0 Å². The second-order valence-corrected chi connectivity index (χ2v) is 14.1. The van der Waals surface area contributed by atoms with Gasteiger partial charge in [0.25, 0.3) is 5.82 Å². The maximum Gasteiger partial charge on any atom is 0.299 e. The molecule has 0 aliphatic rings. The van der Waals surface area contributed by atoms with Gasteiger partial charge in [0.2, 0.25) is 5.89 Å². The van der Waals surface area contributed by atoms with Crippen molar-refractivity contribution in [2.75, 3.05) is 0 Å². The molecule has 0 amide bonds. The Kier molecular flexibility index (Phi) is 7.06. The van der Waals surface area contributed by atoms with E-state index in [1.54, 1.807) is 0 Å². The number of hydrogen-bond donors (Lipinski definition) is 0. The Morgan fingerprint density at radius 2 is 1.33 bits per heavy atom. The molecule has 0 aliphatic carbocycles. The van der Waals surface area contributed by atoms with Crippen molar-refractivity contribution in [2.24, 2.45) is 7.05 Å². The second kappa shape index (κ2) is 11.2. The van der Waals surface area contributed by atoms with E-state index in [-0.39, 0.29) is 0 Å². The van der Waals surface area contributed by atoms with Crippen molar-refractivity contribution in [3.05, 3.63) is 113 Å². The molecule has 8 rings (SSSR count). The van der Waals surface area contributed by atoms with E-state index in [1.807, 2.05) is 36.4 Å².